The van der Waals surface area contributed by atoms with E-state index < -0.39 is 5.97 Å². The Morgan fingerprint density at radius 3 is 2.19 bits per heavy atom. The molecule has 0 radical (unpaired) electrons. The van der Waals surface area contributed by atoms with E-state index in [1.807, 2.05) is 11.8 Å². The lowest BCUT2D eigenvalue weighted by molar-refractivity contribution is -0.141. The Morgan fingerprint density at radius 1 is 1.05 bits per heavy atom. The van der Waals surface area contributed by atoms with Gasteiger partial charge in [-0.15, -0.1) is 0 Å². The molecule has 1 aliphatic heterocycles. The van der Waals surface area contributed by atoms with Crippen LogP contribution in [-0.4, -0.2) is 41.1 Å². The van der Waals surface area contributed by atoms with Crippen LogP contribution < -0.4 is 5.32 Å². The highest BCUT2D eigenvalue weighted by Gasteiger charge is 2.17. The Bertz CT molecular complexity index is 325. The maximum atomic E-state index is 12.2. The summed E-state index contributed by atoms with van der Waals surface area (Å²) in [6, 6.07) is 0.139. The Labute approximate surface area is 128 Å². The first-order valence-electron chi connectivity index (χ1n) is 8.29. The highest BCUT2D eigenvalue weighted by atomic mass is 16.4. The van der Waals surface area contributed by atoms with E-state index in [-0.39, 0.29) is 18.0 Å². The third kappa shape index (κ3) is 7.34. The predicted molar refractivity (Wildman–Crippen MR) is 83.3 cm³/mol. The number of aliphatic carboxylic acids is 1. The van der Waals surface area contributed by atoms with Gasteiger partial charge in [-0.2, -0.15) is 0 Å². The summed E-state index contributed by atoms with van der Waals surface area (Å²) < 4.78 is 0. The van der Waals surface area contributed by atoms with Crippen LogP contribution in [0.15, 0.2) is 0 Å². The van der Waals surface area contributed by atoms with E-state index in [9.17, 15) is 9.59 Å². The van der Waals surface area contributed by atoms with Gasteiger partial charge in [-0.25, -0.2) is 4.79 Å². The minimum Gasteiger partial charge on any atom is -0.481 e. The second kappa shape index (κ2) is 9.64. The number of likely N-dealkylation sites (tertiary alicyclic amines) is 1. The Morgan fingerprint density at radius 2 is 1.62 bits per heavy atom. The number of nitrogens with one attached hydrogen (secondary N) is 1. The average Bonchev–Trinajstić information content (AvgIpc) is 2.37. The normalized spacial score (nSPS) is 19.2. The van der Waals surface area contributed by atoms with Crippen molar-refractivity contribution in [3.63, 3.8) is 0 Å². The van der Waals surface area contributed by atoms with Crippen molar-refractivity contribution in [3.05, 3.63) is 0 Å². The molecule has 5 heteroatoms. The highest BCUT2D eigenvalue weighted by molar-refractivity contribution is 5.74. The number of amides is 2. The second-order valence-corrected chi connectivity index (χ2v) is 6.28. The molecule has 2 unspecified atom stereocenters. The molecule has 0 aromatic rings. The molecule has 0 spiro atoms. The number of urea groups is 1. The minimum atomic E-state index is -0.743. The molecule has 1 heterocycles. The van der Waals surface area contributed by atoms with Gasteiger partial charge in [0.15, 0.2) is 0 Å². The number of carboxylic acids is 1. The van der Waals surface area contributed by atoms with Crippen molar-refractivity contribution in [3.8, 4) is 0 Å². The smallest absolute Gasteiger partial charge is 0.317 e. The molecular formula is C16H30N2O3. The molecule has 0 aromatic carbocycles. The van der Waals surface area contributed by atoms with Gasteiger partial charge in [0.1, 0.15) is 0 Å². The summed E-state index contributed by atoms with van der Waals surface area (Å²) >= 11 is 0. The molecule has 122 valence electrons. The Hall–Kier alpha value is -1.26. The molecule has 0 bridgehead atoms. The van der Waals surface area contributed by atoms with Gasteiger partial charge in [-0.3, -0.25) is 4.79 Å². The van der Waals surface area contributed by atoms with Gasteiger partial charge >= 0.3 is 12.0 Å². The number of hydrogen-bond acceptors (Lipinski definition) is 2. The van der Waals surface area contributed by atoms with E-state index in [2.05, 4.69) is 5.32 Å². The molecule has 2 amide bonds. The molecule has 0 saturated carbocycles. The number of rotatable bonds is 6. The number of nitrogens with zero attached hydrogens (tertiary/aromatic N) is 1. The molecule has 0 aliphatic carbocycles. The molecular weight excluding hydrogens is 268 g/mol. The lowest BCUT2D eigenvalue weighted by atomic mass is 10.0. The van der Waals surface area contributed by atoms with Crippen LogP contribution in [0.3, 0.4) is 0 Å². The van der Waals surface area contributed by atoms with Gasteiger partial charge in [0.2, 0.25) is 0 Å². The SMILES string of the molecule is CC(CCCC(C)C(=O)O)NC(=O)N1CCCCCCC1. The first-order chi connectivity index (χ1) is 10.0. The van der Waals surface area contributed by atoms with E-state index in [0.717, 1.165) is 38.8 Å². The predicted octanol–water partition coefficient (Wildman–Crippen LogP) is 3.24. The molecule has 1 aliphatic rings. The van der Waals surface area contributed by atoms with Gasteiger partial charge in [0.05, 0.1) is 5.92 Å². The van der Waals surface area contributed by atoms with Gasteiger partial charge < -0.3 is 15.3 Å². The first kappa shape index (κ1) is 17.8. The number of carbonyl (C=O) groups is 2. The van der Waals surface area contributed by atoms with Crippen molar-refractivity contribution >= 4 is 12.0 Å². The fraction of sp³-hybridized carbons (Fsp3) is 0.875. The largest absolute Gasteiger partial charge is 0.481 e. The van der Waals surface area contributed by atoms with E-state index in [0.29, 0.717) is 6.42 Å². The van der Waals surface area contributed by atoms with Crippen LogP contribution in [0, 0.1) is 5.92 Å². The van der Waals surface area contributed by atoms with Crippen LogP contribution in [0.5, 0.6) is 0 Å². The van der Waals surface area contributed by atoms with Crippen molar-refractivity contribution in [1.82, 2.24) is 10.2 Å². The third-order valence-electron chi connectivity index (χ3n) is 4.21. The fourth-order valence-electron chi connectivity index (χ4n) is 2.68. The maximum Gasteiger partial charge on any atom is 0.317 e. The lowest BCUT2D eigenvalue weighted by Crippen LogP contribution is -2.45. The monoisotopic (exact) mass is 298 g/mol. The van der Waals surface area contributed by atoms with Crippen LogP contribution in [0.25, 0.3) is 0 Å². The Kier molecular flexibility index (Phi) is 8.16. The number of carboxylic acid groups (broad SMARTS) is 1. The van der Waals surface area contributed by atoms with Crippen LogP contribution in [-0.2, 0) is 4.79 Å². The molecule has 1 rings (SSSR count). The number of carbonyl (C=O) groups excluding carboxylic acids is 1. The number of hydrogen-bond donors (Lipinski definition) is 2. The van der Waals surface area contributed by atoms with Crippen LogP contribution in [0.1, 0.15) is 65.2 Å². The lowest BCUT2D eigenvalue weighted by Gasteiger charge is -2.27. The van der Waals surface area contributed by atoms with Crippen molar-refractivity contribution in [2.24, 2.45) is 5.92 Å². The van der Waals surface area contributed by atoms with Gasteiger partial charge in [0.25, 0.3) is 0 Å². The molecule has 1 fully saturated rings. The molecule has 0 aromatic heterocycles. The molecule has 21 heavy (non-hydrogen) atoms. The van der Waals surface area contributed by atoms with Gasteiger partial charge in [0, 0.05) is 19.1 Å². The summed E-state index contributed by atoms with van der Waals surface area (Å²) in [6.07, 6.45) is 8.23. The molecule has 2 atom stereocenters. The van der Waals surface area contributed by atoms with Gasteiger partial charge in [-0.1, -0.05) is 32.6 Å². The first-order valence-corrected chi connectivity index (χ1v) is 8.29. The Balaban J connectivity index is 2.24. The summed E-state index contributed by atoms with van der Waals surface area (Å²) in [5.74, 6) is -1.05. The average molecular weight is 298 g/mol. The van der Waals surface area contributed by atoms with Crippen molar-refractivity contribution < 1.29 is 14.7 Å². The summed E-state index contributed by atoms with van der Waals surface area (Å²) in [5.41, 5.74) is 0. The maximum absolute atomic E-state index is 12.2. The minimum absolute atomic E-state index is 0.0377. The van der Waals surface area contributed by atoms with Crippen LogP contribution in [0.2, 0.25) is 0 Å². The standard InChI is InChI=1S/C16H30N2O3/c1-13(15(19)20)9-8-10-14(2)17-16(21)18-11-6-4-3-5-7-12-18/h13-14H,3-12H2,1-2H3,(H,17,21)(H,19,20). The zero-order valence-electron chi connectivity index (χ0n) is 13.4. The topological polar surface area (TPSA) is 69.6 Å². The fourth-order valence-corrected chi connectivity index (χ4v) is 2.68. The van der Waals surface area contributed by atoms with Crippen molar-refractivity contribution in [2.75, 3.05) is 13.1 Å². The van der Waals surface area contributed by atoms with E-state index in [1.54, 1.807) is 6.92 Å². The third-order valence-corrected chi connectivity index (χ3v) is 4.21. The van der Waals surface area contributed by atoms with E-state index >= 15 is 0 Å². The molecule has 2 N–H and O–H groups in total. The van der Waals surface area contributed by atoms with Crippen molar-refractivity contribution in [1.29, 1.82) is 0 Å². The van der Waals surface area contributed by atoms with E-state index in [4.69, 9.17) is 5.11 Å². The summed E-state index contributed by atoms with van der Waals surface area (Å²) in [6.45, 7) is 5.43. The summed E-state index contributed by atoms with van der Waals surface area (Å²) in [4.78, 5) is 24.9. The molecule has 5 nitrogen and oxygen atoms in total. The van der Waals surface area contributed by atoms with Crippen LogP contribution >= 0.6 is 0 Å². The second-order valence-electron chi connectivity index (χ2n) is 6.28. The van der Waals surface area contributed by atoms with Crippen LogP contribution in [0.4, 0.5) is 4.79 Å². The quantitative estimate of drug-likeness (QED) is 0.791. The summed E-state index contributed by atoms with van der Waals surface area (Å²) in [5, 5.41) is 11.9. The van der Waals surface area contributed by atoms with E-state index in [1.165, 1.54) is 19.3 Å². The van der Waals surface area contributed by atoms with Gasteiger partial charge in [-0.05, 0) is 32.6 Å². The highest BCUT2D eigenvalue weighted by Crippen LogP contribution is 2.12. The zero-order valence-corrected chi connectivity index (χ0v) is 13.4. The zero-order chi connectivity index (χ0) is 15.7. The van der Waals surface area contributed by atoms with Crippen molar-refractivity contribution in [2.45, 2.75) is 71.3 Å². The summed E-state index contributed by atoms with van der Waals surface area (Å²) in [7, 11) is 0. The molecule has 1 saturated heterocycles.